The van der Waals surface area contributed by atoms with E-state index in [1.807, 2.05) is 13.8 Å². The molecule has 18 heavy (non-hydrogen) atoms. The summed E-state index contributed by atoms with van der Waals surface area (Å²) in [6.45, 7) is 5.60. The Morgan fingerprint density at radius 1 is 1.11 bits per heavy atom. The van der Waals surface area contributed by atoms with Gasteiger partial charge in [-0.15, -0.1) is 17.3 Å². The van der Waals surface area contributed by atoms with E-state index < -0.39 is 0 Å². The lowest BCUT2D eigenvalue weighted by atomic mass is 10.5. The molecule has 0 atom stereocenters. The van der Waals surface area contributed by atoms with Crippen LogP contribution in [0.2, 0.25) is 0 Å². The highest BCUT2D eigenvalue weighted by Gasteiger charge is 2.07. The van der Waals surface area contributed by atoms with Crippen LogP contribution in [0.15, 0.2) is 0 Å². The Kier molecular flexibility index (Phi) is 6.33. The van der Waals surface area contributed by atoms with E-state index in [0.717, 1.165) is 6.42 Å². The lowest BCUT2D eigenvalue weighted by Crippen LogP contribution is -2.09. The zero-order valence-corrected chi connectivity index (χ0v) is 10.8. The van der Waals surface area contributed by atoms with Gasteiger partial charge in [0.25, 0.3) is 0 Å². The third-order valence-electron chi connectivity index (χ3n) is 1.84. The van der Waals surface area contributed by atoms with Gasteiger partial charge in [-0.25, -0.2) is 0 Å². The Hall–Kier alpha value is -2.03. The van der Waals surface area contributed by atoms with Crippen molar-refractivity contribution in [1.82, 2.24) is 15.0 Å². The minimum atomic E-state index is 0.224. The van der Waals surface area contributed by atoms with Crippen LogP contribution in [0, 0.1) is 12.3 Å². The van der Waals surface area contributed by atoms with E-state index >= 15 is 0 Å². The van der Waals surface area contributed by atoms with E-state index in [4.69, 9.17) is 15.9 Å². The van der Waals surface area contributed by atoms with Crippen LogP contribution in [0.5, 0.6) is 12.0 Å². The van der Waals surface area contributed by atoms with Crippen LogP contribution in [0.3, 0.4) is 0 Å². The lowest BCUT2D eigenvalue weighted by Gasteiger charge is -2.08. The first-order valence-corrected chi connectivity index (χ1v) is 5.99. The van der Waals surface area contributed by atoms with Crippen LogP contribution in [0.1, 0.15) is 26.7 Å². The fourth-order valence-corrected chi connectivity index (χ4v) is 1.10. The molecule has 0 radical (unpaired) electrons. The molecule has 0 aliphatic rings. The van der Waals surface area contributed by atoms with Gasteiger partial charge in [-0.05, 0) is 13.3 Å². The van der Waals surface area contributed by atoms with Gasteiger partial charge in [0.2, 0.25) is 5.95 Å². The Morgan fingerprint density at radius 2 is 1.78 bits per heavy atom. The summed E-state index contributed by atoms with van der Waals surface area (Å²) in [6, 6.07) is 0.487. The maximum absolute atomic E-state index is 5.37. The molecular formula is C12H18N4O2. The first-order chi connectivity index (χ1) is 8.80. The Morgan fingerprint density at radius 3 is 2.33 bits per heavy atom. The number of aromatic nitrogens is 3. The molecule has 0 bridgehead atoms. The molecular weight excluding hydrogens is 232 g/mol. The van der Waals surface area contributed by atoms with Crippen molar-refractivity contribution in [2.24, 2.45) is 0 Å². The average molecular weight is 250 g/mol. The molecule has 1 aromatic rings. The Labute approximate surface area is 107 Å². The van der Waals surface area contributed by atoms with Crippen molar-refractivity contribution in [2.45, 2.75) is 26.7 Å². The number of nitrogens with zero attached hydrogens (tertiary/aromatic N) is 3. The number of rotatable bonds is 8. The number of hydrogen-bond donors (Lipinski definition) is 1. The van der Waals surface area contributed by atoms with E-state index in [1.54, 1.807) is 0 Å². The predicted octanol–water partition coefficient (Wildman–Crippen LogP) is 1.49. The summed E-state index contributed by atoms with van der Waals surface area (Å²) in [6.07, 6.45) is 6.54. The largest absolute Gasteiger partial charge is 0.463 e. The van der Waals surface area contributed by atoms with Crippen LogP contribution in [0.4, 0.5) is 5.95 Å². The molecule has 0 saturated carbocycles. The van der Waals surface area contributed by atoms with Crippen molar-refractivity contribution in [3.05, 3.63) is 0 Å². The molecule has 0 aliphatic heterocycles. The number of nitrogens with one attached hydrogen (secondary N) is 1. The van der Waals surface area contributed by atoms with E-state index in [0.29, 0.717) is 32.1 Å². The number of ether oxygens (including phenoxy) is 2. The second kappa shape index (κ2) is 8.12. The summed E-state index contributed by atoms with van der Waals surface area (Å²) < 4.78 is 10.7. The molecule has 1 N–H and O–H groups in total. The highest BCUT2D eigenvalue weighted by molar-refractivity contribution is 5.27. The zero-order chi connectivity index (χ0) is 13.2. The molecule has 98 valence electrons. The minimum absolute atomic E-state index is 0.224. The normalized spacial score (nSPS) is 9.61. The van der Waals surface area contributed by atoms with Crippen molar-refractivity contribution in [3.63, 3.8) is 0 Å². The number of terminal acetylenes is 1. The van der Waals surface area contributed by atoms with Crippen molar-refractivity contribution in [2.75, 3.05) is 25.1 Å². The second-order valence-electron chi connectivity index (χ2n) is 3.41. The summed E-state index contributed by atoms with van der Waals surface area (Å²) in [5.74, 6) is 2.92. The highest BCUT2D eigenvalue weighted by atomic mass is 16.5. The van der Waals surface area contributed by atoms with Gasteiger partial charge in [-0.3, -0.25) is 0 Å². The van der Waals surface area contributed by atoms with Crippen LogP contribution < -0.4 is 14.8 Å². The van der Waals surface area contributed by atoms with E-state index in [2.05, 4.69) is 26.2 Å². The predicted molar refractivity (Wildman–Crippen MR) is 68.7 cm³/mol. The summed E-state index contributed by atoms with van der Waals surface area (Å²) in [5.41, 5.74) is 0. The van der Waals surface area contributed by atoms with Crippen molar-refractivity contribution in [1.29, 1.82) is 0 Å². The van der Waals surface area contributed by atoms with Gasteiger partial charge in [0.15, 0.2) is 0 Å². The van der Waals surface area contributed by atoms with Crippen LogP contribution in [0.25, 0.3) is 0 Å². The first kappa shape index (κ1) is 14.0. The topological polar surface area (TPSA) is 69.2 Å². The highest BCUT2D eigenvalue weighted by Crippen LogP contribution is 2.13. The maximum Gasteiger partial charge on any atom is 0.324 e. The summed E-state index contributed by atoms with van der Waals surface area (Å²) in [7, 11) is 0. The molecule has 1 aromatic heterocycles. The summed E-state index contributed by atoms with van der Waals surface area (Å²) >= 11 is 0. The van der Waals surface area contributed by atoms with Gasteiger partial charge in [0.1, 0.15) is 6.61 Å². The molecule has 0 fully saturated rings. The molecule has 1 rings (SSSR count). The Balaban J connectivity index is 2.74. The van der Waals surface area contributed by atoms with Gasteiger partial charge < -0.3 is 14.8 Å². The van der Waals surface area contributed by atoms with Crippen molar-refractivity contribution in [3.8, 4) is 24.4 Å². The molecule has 0 spiro atoms. The van der Waals surface area contributed by atoms with Gasteiger partial charge in [-0.1, -0.05) is 6.92 Å². The van der Waals surface area contributed by atoms with Crippen molar-refractivity contribution >= 4 is 5.95 Å². The summed E-state index contributed by atoms with van der Waals surface area (Å²) in [5, 5.41) is 2.99. The maximum atomic E-state index is 5.37. The Bertz CT molecular complexity index is 404. The zero-order valence-electron chi connectivity index (χ0n) is 10.8. The van der Waals surface area contributed by atoms with E-state index in [-0.39, 0.29) is 12.0 Å². The number of anilines is 1. The van der Waals surface area contributed by atoms with E-state index in [9.17, 15) is 0 Å². The molecule has 0 unspecified atom stereocenters. The van der Waals surface area contributed by atoms with Gasteiger partial charge >= 0.3 is 12.0 Å². The molecule has 0 amide bonds. The smallest absolute Gasteiger partial charge is 0.324 e. The van der Waals surface area contributed by atoms with Crippen molar-refractivity contribution < 1.29 is 9.47 Å². The lowest BCUT2D eigenvalue weighted by molar-refractivity contribution is 0.266. The molecule has 0 aromatic carbocycles. The molecule has 6 heteroatoms. The number of hydrogen-bond acceptors (Lipinski definition) is 6. The third-order valence-corrected chi connectivity index (χ3v) is 1.84. The van der Waals surface area contributed by atoms with Crippen LogP contribution in [-0.2, 0) is 0 Å². The summed E-state index contributed by atoms with van der Waals surface area (Å²) in [4.78, 5) is 12.3. The van der Waals surface area contributed by atoms with Crippen LogP contribution >= 0.6 is 0 Å². The molecule has 0 aliphatic carbocycles. The second-order valence-corrected chi connectivity index (χ2v) is 3.41. The average Bonchev–Trinajstić information content (AvgIpc) is 2.37. The minimum Gasteiger partial charge on any atom is -0.463 e. The fraction of sp³-hybridized carbons (Fsp3) is 0.583. The molecule has 6 nitrogen and oxygen atoms in total. The molecule has 0 saturated heterocycles. The standard InChI is InChI=1S/C12H18N4O2/c1-4-7-9-18-12-15-10(13-6-3)14-11(16-12)17-8-5-2/h1H,5-9H2,2-3H3,(H,13,14,15,16). The third kappa shape index (κ3) is 4.87. The van der Waals surface area contributed by atoms with Gasteiger partial charge in [0, 0.05) is 13.0 Å². The van der Waals surface area contributed by atoms with Gasteiger partial charge in [0.05, 0.1) is 6.61 Å². The van der Waals surface area contributed by atoms with E-state index in [1.165, 1.54) is 0 Å². The fourth-order valence-electron chi connectivity index (χ4n) is 1.10. The van der Waals surface area contributed by atoms with Gasteiger partial charge in [-0.2, -0.15) is 9.97 Å². The molecule has 1 heterocycles. The SMILES string of the molecule is C#CCCOc1nc(NCC)nc(OCCC)n1. The van der Waals surface area contributed by atoms with Crippen LogP contribution in [-0.4, -0.2) is 34.7 Å². The monoisotopic (exact) mass is 250 g/mol. The first-order valence-electron chi connectivity index (χ1n) is 5.99. The quantitative estimate of drug-likeness (QED) is 0.557.